The molecule has 2 heterocycles. The first kappa shape index (κ1) is 17.1. The van der Waals surface area contributed by atoms with Crippen LogP contribution in [0.4, 0.5) is 0 Å². The lowest BCUT2D eigenvalue weighted by atomic mass is 9.86. The highest BCUT2D eigenvalue weighted by Crippen LogP contribution is 2.45. The third-order valence-electron chi connectivity index (χ3n) is 5.20. The van der Waals surface area contributed by atoms with Crippen LogP contribution < -0.4 is 4.74 Å². The third-order valence-corrected chi connectivity index (χ3v) is 6.95. The zero-order valence-corrected chi connectivity index (χ0v) is 15.4. The lowest BCUT2D eigenvalue weighted by Gasteiger charge is -2.34. The Morgan fingerprint density at radius 1 is 1.08 bits per heavy atom. The van der Waals surface area contributed by atoms with Crippen LogP contribution in [0.25, 0.3) is 0 Å². The van der Waals surface area contributed by atoms with Gasteiger partial charge in [0.2, 0.25) is 5.91 Å². The summed E-state index contributed by atoms with van der Waals surface area (Å²) in [4.78, 5) is 15.3. The first-order chi connectivity index (χ1) is 12.5. The minimum absolute atomic E-state index is 0.0547. The number of amides is 1. The molecule has 1 fully saturated rings. The van der Waals surface area contributed by atoms with Gasteiger partial charge in [-0.25, -0.2) is 8.42 Å². The van der Waals surface area contributed by atoms with E-state index in [1.807, 2.05) is 55.5 Å². The average molecular weight is 371 g/mol. The Kier molecular flexibility index (Phi) is 4.23. The molecule has 5 nitrogen and oxygen atoms in total. The number of benzene rings is 2. The number of fused-ring (bicyclic) bond motifs is 2. The molecule has 0 bridgehead atoms. The van der Waals surface area contributed by atoms with E-state index in [-0.39, 0.29) is 23.5 Å². The molecule has 0 radical (unpaired) electrons. The highest BCUT2D eigenvalue weighted by molar-refractivity contribution is 7.91. The monoisotopic (exact) mass is 371 g/mol. The number of nitrogens with zero attached hydrogens (tertiary/aromatic N) is 1. The van der Waals surface area contributed by atoms with Crippen molar-refractivity contribution in [1.29, 1.82) is 0 Å². The Labute approximate surface area is 153 Å². The van der Waals surface area contributed by atoms with Crippen molar-refractivity contribution in [2.75, 3.05) is 18.1 Å². The molecule has 0 N–H and O–H groups in total. The summed E-state index contributed by atoms with van der Waals surface area (Å²) in [7, 11) is -3.05. The number of likely N-dealkylation sites (N-methyl/N-ethyl adjacent to an activating group) is 1. The molecule has 0 saturated carbocycles. The predicted octanol–water partition coefficient (Wildman–Crippen LogP) is 2.96. The largest absolute Gasteiger partial charge is 0.457 e. The van der Waals surface area contributed by atoms with Crippen molar-refractivity contribution in [3.63, 3.8) is 0 Å². The van der Waals surface area contributed by atoms with Crippen LogP contribution in [-0.2, 0) is 14.6 Å². The van der Waals surface area contributed by atoms with Crippen molar-refractivity contribution in [2.24, 2.45) is 0 Å². The molecular weight excluding hydrogens is 350 g/mol. The fraction of sp³-hybridized carbons (Fsp3) is 0.350. The van der Waals surface area contributed by atoms with E-state index in [1.54, 1.807) is 4.90 Å². The van der Waals surface area contributed by atoms with Crippen LogP contribution in [0, 0.1) is 0 Å². The van der Waals surface area contributed by atoms with Gasteiger partial charge in [-0.15, -0.1) is 0 Å². The number of carbonyl (C=O) groups excluding carboxylic acids is 1. The maximum absolute atomic E-state index is 13.5. The topological polar surface area (TPSA) is 63.7 Å². The van der Waals surface area contributed by atoms with Crippen molar-refractivity contribution in [3.05, 3.63) is 59.7 Å². The molecule has 4 rings (SSSR count). The normalized spacial score (nSPS) is 20.7. The fourth-order valence-electron chi connectivity index (χ4n) is 3.96. The molecule has 2 aromatic carbocycles. The second kappa shape index (κ2) is 6.43. The summed E-state index contributed by atoms with van der Waals surface area (Å²) in [6.45, 7) is 2.39. The summed E-state index contributed by atoms with van der Waals surface area (Å²) in [5.74, 6) is 1.04. The van der Waals surface area contributed by atoms with Gasteiger partial charge < -0.3 is 9.64 Å². The number of hydrogen-bond acceptors (Lipinski definition) is 4. The van der Waals surface area contributed by atoms with Crippen molar-refractivity contribution >= 4 is 15.7 Å². The Bertz CT molecular complexity index is 908. The number of sulfone groups is 1. The Morgan fingerprint density at radius 3 is 2.15 bits per heavy atom. The van der Waals surface area contributed by atoms with Gasteiger partial charge in [-0.05, 0) is 25.5 Å². The molecule has 1 atom stereocenters. The van der Waals surface area contributed by atoms with Crippen molar-refractivity contribution < 1.29 is 17.9 Å². The van der Waals surface area contributed by atoms with Crippen LogP contribution in [-0.4, -0.2) is 43.3 Å². The minimum atomic E-state index is -3.05. The second-order valence-corrected chi connectivity index (χ2v) is 9.02. The van der Waals surface area contributed by atoms with Gasteiger partial charge in [-0.2, -0.15) is 0 Å². The molecule has 0 aliphatic carbocycles. The van der Waals surface area contributed by atoms with E-state index in [1.165, 1.54) is 0 Å². The molecule has 0 unspecified atom stereocenters. The Balaban J connectivity index is 1.75. The average Bonchev–Trinajstić information content (AvgIpc) is 2.99. The van der Waals surface area contributed by atoms with Crippen LogP contribution in [0.15, 0.2) is 48.5 Å². The highest BCUT2D eigenvalue weighted by Gasteiger charge is 2.40. The van der Waals surface area contributed by atoms with Crippen molar-refractivity contribution in [2.45, 2.75) is 25.3 Å². The lowest BCUT2D eigenvalue weighted by molar-refractivity contribution is -0.133. The smallest absolute Gasteiger partial charge is 0.235 e. The van der Waals surface area contributed by atoms with Gasteiger partial charge in [0.15, 0.2) is 9.84 Å². The van der Waals surface area contributed by atoms with Crippen LogP contribution in [0.2, 0.25) is 0 Å². The van der Waals surface area contributed by atoms with E-state index in [4.69, 9.17) is 4.74 Å². The predicted molar refractivity (Wildman–Crippen MR) is 99.2 cm³/mol. The Morgan fingerprint density at radius 2 is 1.65 bits per heavy atom. The molecule has 1 saturated heterocycles. The molecule has 1 amide bonds. The fourth-order valence-corrected chi connectivity index (χ4v) is 5.69. The van der Waals surface area contributed by atoms with Crippen molar-refractivity contribution in [1.82, 2.24) is 4.90 Å². The molecular formula is C20H21NO4S. The standard InChI is InChI=1S/C20H21NO4S/c1-2-21(14-11-12-26(23,24)13-14)20(22)19-15-7-3-5-9-17(15)25-18-10-6-4-8-16(18)19/h3-10,14,19H,2,11-13H2,1H3/t14-/m1/s1. The van der Waals surface area contributed by atoms with Gasteiger partial charge in [0.1, 0.15) is 11.5 Å². The number of hydrogen-bond donors (Lipinski definition) is 0. The van der Waals surface area contributed by atoms with Gasteiger partial charge in [0.05, 0.1) is 17.4 Å². The summed E-state index contributed by atoms with van der Waals surface area (Å²) >= 11 is 0. The minimum Gasteiger partial charge on any atom is -0.457 e. The van der Waals surface area contributed by atoms with E-state index in [9.17, 15) is 13.2 Å². The molecule has 26 heavy (non-hydrogen) atoms. The van der Waals surface area contributed by atoms with E-state index in [0.29, 0.717) is 24.5 Å². The van der Waals surface area contributed by atoms with Crippen LogP contribution in [0.5, 0.6) is 11.5 Å². The summed E-state index contributed by atoms with van der Waals surface area (Å²) in [5, 5.41) is 0. The SMILES string of the molecule is CCN(C(=O)C1c2ccccc2Oc2ccccc21)[C@@H]1CCS(=O)(=O)C1. The van der Waals surface area contributed by atoms with Crippen LogP contribution >= 0.6 is 0 Å². The van der Waals surface area contributed by atoms with Gasteiger partial charge in [0, 0.05) is 23.7 Å². The first-order valence-corrected chi connectivity index (χ1v) is 10.7. The number of ether oxygens (including phenoxy) is 1. The quantitative estimate of drug-likeness (QED) is 0.832. The number of rotatable bonds is 3. The summed E-state index contributed by atoms with van der Waals surface area (Å²) in [6, 6.07) is 14.9. The van der Waals surface area contributed by atoms with Gasteiger partial charge in [-0.3, -0.25) is 4.79 Å². The molecule has 6 heteroatoms. The molecule has 2 aromatic rings. The molecule has 2 aliphatic rings. The number of carbonyl (C=O) groups is 1. The van der Waals surface area contributed by atoms with E-state index in [2.05, 4.69) is 0 Å². The third kappa shape index (κ3) is 2.88. The van der Waals surface area contributed by atoms with Crippen molar-refractivity contribution in [3.8, 4) is 11.5 Å². The van der Waals surface area contributed by atoms with Crippen LogP contribution in [0.1, 0.15) is 30.4 Å². The molecule has 2 aliphatic heterocycles. The molecule has 0 spiro atoms. The Hall–Kier alpha value is -2.34. The zero-order chi connectivity index (χ0) is 18.3. The highest BCUT2D eigenvalue weighted by atomic mass is 32.2. The second-order valence-electron chi connectivity index (χ2n) is 6.79. The van der Waals surface area contributed by atoms with E-state index in [0.717, 1.165) is 11.1 Å². The van der Waals surface area contributed by atoms with Gasteiger partial charge >= 0.3 is 0 Å². The lowest BCUT2D eigenvalue weighted by Crippen LogP contribution is -2.44. The molecule has 0 aromatic heterocycles. The summed E-state index contributed by atoms with van der Waals surface area (Å²) in [5.41, 5.74) is 1.66. The van der Waals surface area contributed by atoms with E-state index < -0.39 is 15.8 Å². The maximum Gasteiger partial charge on any atom is 0.235 e. The molecule has 136 valence electrons. The summed E-state index contributed by atoms with van der Waals surface area (Å²) < 4.78 is 29.8. The van der Waals surface area contributed by atoms with Crippen LogP contribution in [0.3, 0.4) is 0 Å². The first-order valence-electron chi connectivity index (χ1n) is 8.87. The van der Waals surface area contributed by atoms with Gasteiger partial charge in [-0.1, -0.05) is 36.4 Å². The number of para-hydroxylation sites is 2. The summed E-state index contributed by atoms with van der Waals surface area (Å²) in [6.07, 6.45) is 0.508. The zero-order valence-electron chi connectivity index (χ0n) is 14.6. The maximum atomic E-state index is 13.5. The van der Waals surface area contributed by atoms with E-state index >= 15 is 0 Å². The van der Waals surface area contributed by atoms with Gasteiger partial charge in [0.25, 0.3) is 0 Å².